The molecule has 0 aromatic carbocycles. The lowest BCUT2D eigenvalue weighted by atomic mass is 10.0. The number of hydrogen-bond acceptors (Lipinski definition) is 9. The van der Waals surface area contributed by atoms with Gasteiger partial charge in [-0.2, -0.15) is 0 Å². The lowest BCUT2D eigenvalue weighted by Gasteiger charge is -2.25. The molecule has 216 valence electrons. The summed E-state index contributed by atoms with van der Waals surface area (Å²) in [5.74, 6) is -5.78. The van der Waals surface area contributed by atoms with Gasteiger partial charge in [0, 0.05) is 13.0 Å². The van der Waals surface area contributed by atoms with Crippen LogP contribution in [0.25, 0.3) is 0 Å². The van der Waals surface area contributed by atoms with Crippen LogP contribution < -0.4 is 50.4 Å². The van der Waals surface area contributed by atoms with Gasteiger partial charge in [0.2, 0.25) is 29.5 Å². The van der Waals surface area contributed by atoms with E-state index in [0.717, 1.165) is 0 Å². The molecule has 17 nitrogen and oxygen atoms in total. The number of unbranched alkanes of at least 4 members (excludes halogenated alkanes) is 1. The van der Waals surface area contributed by atoms with Gasteiger partial charge in [-0.15, -0.1) is 0 Å². The zero-order chi connectivity index (χ0) is 29.3. The van der Waals surface area contributed by atoms with E-state index in [1.807, 2.05) is 0 Å². The van der Waals surface area contributed by atoms with E-state index in [1.54, 1.807) is 0 Å². The number of aliphatic imine (C=N–C) groups is 1. The summed E-state index contributed by atoms with van der Waals surface area (Å²) in [6, 6.07) is -5.17. The molecule has 0 aliphatic rings. The third-order valence-corrected chi connectivity index (χ3v) is 5.22. The Morgan fingerprint density at radius 2 is 1.26 bits per heavy atom. The average molecular weight is 545 g/mol. The minimum Gasteiger partial charge on any atom is -0.480 e. The Balaban J connectivity index is 5.53. The Morgan fingerprint density at radius 3 is 1.76 bits per heavy atom. The van der Waals surface area contributed by atoms with E-state index in [4.69, 9.17) is 34.4 Å². The molecule has 0 aliphatic carbocycles. The highest BCUT2D eigenvalue weighted by Crippen LogP contribution is 2.06. The zero-order valence-corrected chi connectivity index (χ0v) is 21.2. The Hall–Kier alpha value is -3.99. The molecule has 16 N–H and O–H groups in total. The van der Waals surface area contributed by atoms with Gasteiger partial charge in [0.25, 0.3) is 0 Å². The van der Waals surface area contributed by atoms with Crippen molar-refractivity contribution in [3.8, 4) is 0 Å². The number of nitrogens with two attached hydrogens (primary N) is 6. The molecule has 0 fully saturated rings. The first kappa shape index (κ1) is 34.0. The Kier molecular flexibility index (Phi) is 16.4. The van der Waals surface area contributed by atoms with E-state index in [2.05, 4.69) is 20.9 Å². The van der Waals surface area contributed by atoms with Crippen LogP contribution in [0.4, 0.5) is 0 Å². The SMILES string of the molecule is NCCCCC(NC(=O)C(N)CCCN=C(N)N)C(=O)NC(CCC(N)=O)C(=O)NC(CC(N)=O)C(=O)O. The van der Waals surface area contributed by atoms with Crippen LogP contribution in [0.15, 0.2) is 4.99 Å². The molecule has 0 spiro atoms. The molecule has 0 bridgehead atoms. The molecular formula is C21H40N10O7. The van der Waals surface area contributed by atoms with Gasteiger partial charge in [-0.1, -0.05) is 0 Å². The number of carbonyl (C=O) groups is 6. The molecule has 38 heavy (non-hydrogen) atoms. The number of primary amides is 2. The third kappa shape index (κ3) is 15.2. The molecule has 0 aromatic heterocycles. The van der Waals surface area contributed by atoms with Crippen molar-refractivity contribution < 1.29 is 33.9 Å². The standard InChI is InChI=1S/C21H40N10O7/c22-8-2-1-5-12(29-17(34)11(23)4-3-9-28-21(26)27)18(35)30-13(6-7-15(24)32)19(36)31-14(20(37)38)10-16(25)33/h11-14H,1-10,22-23H2,(H2,24,32)(H2,25,33)(H,29,34)(H,30,35)(H,31,36)(H,37,38)(H4,26,27,28). The molecule has 4 atom stereocenters. The average Bonchev–Trinajstić information content (AvgIpc) is 2.82. The number of hydrogen-bond donors (Lipinski definition) is 10. The fourth-order valence-electron chi connectivity index (χ4n) is 3.19. The smallest absolute Gasteiger partial charge is 0.326 e. The van der Waals surface area contributed by atoms with Gasteiger partial charge in [0.15, 0.2) is 5.96 Å². The summed E-state index contributed by atoms with van der Waals surface area (Å²) < 4.78 is 0. The van der Waals surface area contributed by atoms with Gasteiger partial charge < -0.3 is 55.5 Å². The van der Waals surface area contributed by atoms with Crippen LogP contribution in [0.3, 0.4) is 0 Å². The molecular weight excluding hydrogens is 504 g/mol. The largest absolute Gasteiger partial charge is 0.480 e. The highest BCUT2D eigenvalue weighted by molar-refractivity contribution is 5.95. The summed E-state index contributed by atoms with van der Waals surface area (Å²) in [4.78, 5) is 76.0. The van der Waals surface area contributed by atoms with Gasteiger partial charge in [0.1, 0.15) is 18.1 Å². The fourth-order valence-corrected chi connectivity index (χ4v) is 3.19. The third-order valence-electron chi connectivity index (χ3n) is 5.22. The van der Waals surface area contributed by atoms with Gasteiger partial charge >= 0.3 is 5.97 Å². The lowest BCUT2D eigenvalue weighted by molar-refractivity contribution is -0.144. The number of nitrogens with one attached hydrogen (secondary N) is 3. The molecule has 4 unspecified atom stereocenters. The number of carbonyl (C=O) groups excluding carboxylic acids is 5. The Bertz CT molecular complexity index is 863. The fraction of sp³-hybridized carbons (Fsp3) is 0.667. The quantitative estimate of drug-likeness (QED) is 0.0393. The first-order valence-corrected chi connectivity index (χ1v) is 12.0. The molecule has 0 aliphatic heterocycles. The van der Waals surface area contributed by atoms with E-state index in [-0.39, 0.29) is 38.2 Å². The predicted molar refractivity (Wildman–Crippen MR) is 136 cm³/mol. The van der Waals surface area contributed by atoms with Crippen molar-refractivity contribution in [2.75, 3.05) is 13.1 Å². The van der Waals surface area contributed by atoms with Crippen molar-refractivity contribution >= 4 is 41.5 Å². The monoisotopic (exact) mass is 544 g/mol. The molecule has 0 saturated heterocycles. The topological polar surface area (TPSA) is 327 Å². The summed E-state index contributed by atoms with van der Waals surface area (Å²) in [5.41, 5.74) is 32.1. The summed E-state index contributed by atoms with van der Waals surface area (Å²) in [6.07, 6.45) is 0.479. The molecule has 5 amide bonds. The van der Waals surface area contributed by atoms with Crippen LogP contribution in [0.1, 0.15) is 51.4 Å². The highest BCUT2D eigenvalue weighted by Gasteiger charge is 2.31. The highest BCUT2D eigenvalue weighted by atomic mass is 16.4. The van der Waals surface area contributed by atoms with Crippen molar-refractivity contribution in [2.24, 2.45) is 39.4 Å². The number of aliphatic carboxylic acids is 1. The second kappa shape index (κ2) is 18.3. The van der Waals surface area contributed by atoms with Crippen molar-refractivity contribution in [3.63, 3.8) is 0 Å². The van der Waals surface area contributed by atoms with Crippen LogP contribution in [0.2, 0.25) is 0 Å². The Morgan fingerprint density at radius 1 is 0.711 bits per heavy atom. The normalized spacial score (nSPS) is 13.7. The first-order valence-electron chi connectivity index (χ1n) is 12.0. The van der Waals surface area contributed by atoms with E-state index < -0.39 is 66.1 Å². The number of nitrogens with zero attached hydrogens (tertiary/aromatic N) is 1. The van der Waals surface area contributed by atoms with E-state index >= 15 is 0 Å². The molecule has 0 saturated carbocycles. The van der Waals surface area contributed by atoms with Crippen LogP contribution in [0, 0.1) is 0 Å². The Labute approximate surface area is 219 Å². The molecule has 0 aromatic rings. The van der Waals surface area contributed by atoms with Crippen LogP contribution >= 0.6 is 0 Å². The maximum absolute atomic E-state index is 13.1. The van der Waals surface area contributed by atoms with E-state index in [9.17, 15) is 33.9 Å². The lowest BCUT2D eigenvalue weighted by Crippen LogP contribution is -2.57. The number of carboxylic acid groups (broad SMARTS) is 1. The second-order valence-corrected chi connectivity index (χ2v) is 8.54. The number of guanidine groups is 1. The molecule has 0 heterocycles. The van der Waals surface area contributed by atoms with E-state index in [1.165, 1.54) is 0 Å². The minimum absolute atomic E-state index is 0.0982. The van der Waals surface area contributed by atoms with Gasteiger partial charge in [-0.05, 0) is 45.1 Å². The summed E-state index contributed by atoms with van der Waals surface area (Å²) in [7, 11) is 0. The maximum Gasteiger partial charge on any atom is 0.326 e. The van der Waals surface area contributed by atoms with E-state index in [0.29, 0.717) is 25.8 Å². The number of carboxylic acids is 1. The van der Waals surface area contributed by atoms with Crippen molar-refractivity contribution in [1.29, 1.82) is 0 Å². The molecule has 0 rings (SSSR count). The first-order chi connectivity index (χ1) is 17.8. The van der Waals surface area contributed by atoms with Crippen molar-refractivity contribution in [2.45, 2.75) is 75.5 Å². The summed E-state index contributed by atoms with van der Waals surface area (Å²) in [5, 5.41) is 16.3. The van der Waals surface area contributed by atoms with Gasteiger partial charge in [0.05, 0.1) is 12.5 Å². The molecule has 17 heteroatoms. The number of rotatable bonds is 20. The van der Waals surface area contributed by atoms with Gasteiger partial charge in [-0.25, -0.2) is 4.79 Å². The predicted octanol–water partition coefficient (Wildman–Crippen LogP) is -4.82. The van der Waals surface area contributed by atoms with Gasteiger partial charge in [-0.3, -0.25) is 29.0 Å². The maximum atomic E-state index is 13.1. The molecule has 0 radical (unpaired) electrons. The number of amides is 5. The van der Waals surface area contributed by atoms with Crippen LogP contribution in [-0.4, -0.2) is 83.8 Å². The van der Waals surface area contributed by atoms with Crippen LogP contribution in [0.5, 0.6) is 0 Å². The summed E-state index contributed by atoms with van der Waals surface area (Å²) in [6.45, 7) is 0.597. The van der Waals surface area contributed by atoms with Crippen molar-refractivity contribution in [3.05, 3.63) is 0 Å². The summed E-state index contributed by atoms with van der Waals surface area (Å²) >= 11 is 0. The zero-order valence-electron chi connectivity index (χ0n) is 21.2. The van der Waals surface area contributed by atoms with Crippen LogP contribution in [-0.2, 0) is 28.8 Å². The second-order valence-electron chi connectivity index (χ2n) is 8.54. The van der Waals surface area contributed by atoms with Crippen molar-refractivity contribution in [1.82, 2.24) is 16.0 Å². The minimum atomic E-state index is -1.66.